The second kappa shape index (κ2) is 9.28. The molecule has 1 aliphatic heterocycles. The van der Waals surface area contributed by atoms with Crippen molar-refractivity contribution in [1.82, 2.24) is 4.90 Å². The third-order valence-electron chi connectivity index (χ3n) is 5.15. The Balaban J connectivity index is 1.40. The minimum atomic E-state index is 0.169. The van der Waals surface area contributed by atoms with Crippen LogP contribution >= 0.6 is 0 Å². The quantitative estimate of drug-likeness (QED) is 0.566. The van der Waals surface area contributed by atoms with Gasteiger partial charge in [-0.05, 0) is 41.7 Å². The number of rotatable bonds is 8. The van der Waals surface area contributed by atoms with E-state index in [-0.39, 0.29) is 12.7 Å². The van der Waals surface area contributed by atoms with Crippen LogP contribution in [-0.4, -0.2) is 24.1 Å². The maximum atomic E-state index is 13.0. The molecule has 0 fully saturated rings. The van der Waals surface area contributed by atoms with Crippen molar-refractivity contribution in [3.05, 3.63) is 95.6 Å². The van der Waals surface area contributed by atoms with Crippen molar-refractivity contribution >= 4 is 5.91 Å². The van der Waals surface area contributed by atoms with Crippen LogP contribution in [0.15, 0.2) is 78.9 Å². The van der Waals surface area contributed by atoms with Crippen LogP contribution in [0.3, 0.4) is 0 Å². The third-order valence-corrected chi connectivity index (χ3v) is 5.15. The summed E-state index contributed by atoms with van der Waals surface area (Å²) in [5, 5.41) is 0. The Morgan fingerprint density at radius 2 is 1.45 bits per heavy atom. The number of nitrogens with zero attached hydrogens (tertiary/aromatic N) is 1. The first-order valence-corrected chi connectivity index (χ1v) is 10.0. The lowest BCUT2D eigenvalue weighted by Crippen LogP contribution is -2.32. The molecule has 4 nitrogen and oxygen atoms in total. The average molecular weight is 387 g/mol. The lowest BCUT2D eigenvalue weighted by Gasteiger charge is -2.23. The van der Waals surface area contributed by atoms with Gasteiger partial charge in [0.05, 0.1) is 0 Å². The topological polar surface area (TPSA) is 38.8 Å². The predicted molar refractivity (Wildman–Crippen MR) is 113 cm³/mol. The molecule has 29 heavy (non-hydrogen) atoms. The zero-order valence-corrected chi connectivity index (χ0v) is 16.4. The Morgan fingerprint density at radius 3 is 2.21 bits per heavy atom. The zero-order chi connectivity index (χ0) is 19.9. The zero-order valence-electron chi connectivity index (χ0n) is 16.4. The van der Waals surface area contributed by atoms with Gasteiger partial charge in [-0.3, -0.25) is 4.79 Å². The van der Waals surface area contributed by atoms with E-state index in [0.29, 0.717) is 25.9 Å². The Kier molecular flexibility index (Phi) is 6.10. The fourth-order valence-electron chi connectivity index (χ4n) is 3.51. The predicted octanol–water partition coefficient (Wildman–Crippen LogP) is 4.62. The fraction of sp³-hybridized carbons (Fsp3) is 0.240. The molecule has 1 aliphatic rings. The van der Waals surface area contributed by atoms with Crippen molar-refractivity contribution in [2.75, 3.05) is 13.3 Å². The highest BCUT2D eigenvalue weighted by Crippen LogP contribution is 2.32. The molecule has 148 valence electrons. The number of carbonyl (C=O) groups is 1. The molecule has 0 aromatic heterocycles. The maximum absolute atomic E-state index is 13.0. The second-order valence-electron chi connectivity index (χ2n) is 7.22. The number of ether oxygens (including phenoxy) is 2. The molecule has 4 rings (SSSR count). The number of hydrogen-bond acceptors (Lipinski definition) is 3. The van der Waals surface area contributed by atoms with Crippen LogP contribution in [-0.2, 0) is 24.2 Å². The summed E-state index contributed by atoms with van der Waals surface area (Å²) in [7, 11) is 0. The van der Waals surface area contributed by atoms with E-state index in [0.717, 1.165) is 29.0 Å². The Bertz CT molecular complexity index is 941. The van der Waals surface area contributed by atoms with Crippen LogP contribution in [0.4, 0.5) is 0 Å². The third kappa shape index (κ3) is 5.17. The fourth-order valence-corrected chi connectivity index (χ4v) is 3.51. The summed E-state index contributed by atoms with van der Waals surface area (Å²) in [6.45, 7) is 1.61. The molecule has 1 heterocycles. The van der Waals surface area contributed by atoms with E-state index in [1.807, 2.05) is 59.5 Å². The van der Waals surface area contributed by atoms with E-state index in [4.69, 9.17) is 9.47 Å². The molecule has 0 unspecified atom stereocenters. The highest BCUT2D eigenvalue weighted by Gasteiger charge is 2.16. The molecule has 0 aliphatic carbocycles. The van der Waals surface area contributed by atoms with Crippen molar-refractivity contribution in [1.29, 1.82) is 0 Å². The standard InChI is InChI=1S/C25H25NO3/c27-25(14-12-21-11-13-23-24(17-21)29-19-28-23)26(18-22-9-5-2-6-10-22)16-15-20-7-3-1-4-8-20/h1-11,13,17H,12,14-16,18-19H2. The molecule has 0 atom stereocenters. The number of amides is 1. The average Bonchev–Trinajstić information content (AvgIpc) is 3.24. The maximum Gasteiger partial charge on any atom is 0.231 e. The highest BCUT2D eigenvalue weighted by molar-refractivity contribution is 5.76. The SMILES string of the molecule is O=C(CCc1ccc2c(c1)OCO2)N(CCc1ccccc1)Cc1ccccc1. The van der Waals surface area contributed by atoms with Gasteiger partial charge in [0, 0.05) is 19.5 Å². The van der Waals surface area contributed by atoms with Crippen molar-refractivity contribution < 1.29 is 14.3 Å². The number of fused-ring (bicyclic) bond motifs is 1. The van der Waals surface area contributed by atoms with Gasteiger partial charge >= 0.3 is 0 Å². The van der Waals surface area contributed by atoms with E-state index in [2.05, 4.69) is 24.3 Å². The van der Waals surface area contributed by atoms with Crippen molar-refractivity contribution in [3.8, 4) is 11.5 Å². The van der Waals surface area contributed by atoms with E-state index in [9.17, 15) is 4.79 Å². The van der Waals surface area contributed by atoms with Gasteiger partial charge in [-0.2, -0.15) is 0 Å². The molecule has 0 spiro atoms. The van der Waals surface area contributed by atoms with Crippen LogP contribution < -0.4 is 9.47 Å². The summed E-state index contributed by atoms with van der Waals surface area (Å²) in [6.07, 6.45) is 2.01. The molecule has 0 N–H and O–H groups in total. The molecule has 0 saturated carbocycles. The van der Waals surface area contributed by atoms with E-state index < -0.39 is 0 Å². The summed E-state index contributed by atoms with van der Waals surface area (Å²) in [5.74, 6) is 1.70. The number of aryl methyl sites for hydroxylation is 1. The highest BCUT2D eigenvalue weighted by atomic mass is 16.7. The van der Waals surface area contributed by atoms with Crippen LogP contribution in [0.2, 0.25) is 0 Å². The molecule has 4 heteroatoms. The smallest absolute Gasteiger partial charge is 0.231 e. The van der Waals surface area contributed by atoms with Gasteiger partial charge in [0.2, 0.25) is 12.7 Å². The lowest BCUT2D eigenvalue weighted by molar-refractivity contribution is -0.131. The largest absolute Gasteiger partial charge is 0.454 e. The molecule has 0 saturated heterocycles. The lowest BCUT2D eigenvalue weighted by atomic mass is 10.1. The summed E-state index contributed by atoms with van der Waals surface area (Å²) < 4.78 is 10.8. The minimum Gasteiger partial charge on any atom is -0.454 e. The first-order valence-electron chi connectivity index (χ1n) is 10.0. The monoisotopic (exact) mass is 387 g/mol. The first-order chi connectivity index (χ1) is 14.3. The summed E-state index contributed by atoms with van der Waals surface area (Å²) in [5.41, 5.74) is 3.48. The van der Waals surface area contributed by atoms with Crippen LogP contribution in [0.5, 0.6) is 11.5 Å². The molecular weight excluding hydrogens is 362 g/mol. The second-order valence-corrected chi connectivity index (χ2v) is 7.22. The molecule has 0 bridgehead atoms. The van der Waals surface area contributed by atoms with Crippen molar-refractivity contribution in [3.63, 3.8) is 0 Å². The van der Waals surface area contributed by atoms with Gasteiger partial charge in [0.15, 0.2) is 11.5 Å². The Hall–Kier alpha value is -3.27. The van der Waals surface area contributed by atoms with Crippen LogP contribution in [0.1, 0.15) is 23.1 Å². The Morgan fingerprint density at radius 1 is 0.759 bits per heavy atom. The molecular formula is C25H25NO3. The van der Waals surface area contributed by atoms with Gasteiger partial charge in [-0.1, -0.05) is 66.7 Å². The van der Waals surface area contributed by atoms with Crippen molar-refractivity contribution in [2.24, 2.45) is 0 Å². The summed E-state index contributed by atoms with van der Waals surface area (Å²) in [4.78, 5) is 15.0. The molecule has 3 aromatic carbocycles. The minimum absolute atomic E-state index is 0.169. The van der Waals surface area contributed by atoms with Crippen LogP contribution in [0.25, 0.3) is 0 Å². The normalized spacial score (nSPS) is 12.0. The molecule has 1 amide bonds. The van der Waals surface area contributed by atoms with E-state index in [1.165, 1.54) is 5.56 Å². The molecule has 3 aromatic rings. The number of benzene rings is 3. The number of carbonyl (C=O) groups excluding carboxylic acids is 1. The van der Waals surface area contributed by atoms with Gasteiger partial charge in [0.1, 0.15) is 0 Å². The van der Waals surface area contributed by atoms with E-state index in [1.54, 1.807) is 0 Å². The van der Waals surface area contributed by atoms with Gasteiger partial charge in [0.25, 0.3) is 0 Å². The Labute approximate surface area is 171 Å². The molecule has 0 radical (unpaired) electrons. The van der Waals surface area contributed by atoms with Gasteiger partial charge in [-0.15, -0.1) is 0 Å². The van der Waals surface area contributed by atoms with Crippen molar-refractivity contribution in [2.45, 2.75) is 25.8 Å². The van der Waals surface area contributed by atoms with Crippen LogP contribution in [0, 0.1) is 0 Å². The number of hydrogen-bond donors (Lipinski definition) is 0. The first kappa shape index (κ1) is 19.1. The summed E-state index contributed by atoms with van der Waals surface area (Å²) >= 11 is 0. The van der Waals surface area contributed by atoms with Gasteiger partial charge in [-0.25, -0.2) is 0 Å². The van der Waals surface area contributed by atoms with Gasteiger partial charge < -0.3 is 14.4 Å². The van der Waals surface area contributed by atoms with E-state index >= 15 is 0 Å². The summed E-state index contributed by atoms with van der Waals surface area (Å²) in [6, 6.07) is 26.4.